The predicted molar refractivity (Wildman–Crippen MR) is 67.0 cm³/mol. The van der Waals surface area contributed by atoms with Gasteiger partial charge in [-0.1, -0.05) is 18.2 Å². The van der Waals surface area contributed by atoms with Crippen molar-refractivity contribution < 1.29 is 9.53 Å². The molecule has 0 aromatic heterocycles. The topological polar surface area (TPSA) is 50.4 Å². The zero-order valence-corrected chi connectivity index (χ0v) is 9.98. The van der Waals surface area contributed by atoms with Gasteiger partial charge in [-0.15, -0.1) is 0 Å². The van der Waals surface area contributed by atoms with Gasteiger partial charge in [-0.3, -0.25) is 5.32 Å². The fourth-order valence-electron chi connectivity index (χ4n) is 2.05. The summed E-state index contributed by atoms with van der Waals surface area (Å²) >= 11 is 0. The number of hydrogen-bond donors (Lipinski definition) is 2. The van der Waals surface area contributed by atoms with Crippen molar-refractivity contribution in [1.82, 2.24) is 5.32 Å². The van der Waals surface area contributed by atoms with Crippen molar-refractivity contribution in [3.05, 3.63) is 30.3 Å². The minimum atomic E-state index is -0.357. The van der Waals surface area contributed by atoms with Crippen LogP contribution in [0.5, 0.6) is 0 Å². The lowest BCUT2D eigenvalue weighted by atomic mass is 9.82. The van der Waals surface area contributed by atoms with E-state index < -0.39 is 0 Å². The Bertz CT molecular complexity index is 361. The van der Waals surface area contributed by atoms with Crippen LogP contribution in [-0.4, -0.2) is 25.8 Å². The van der Waals surface area contributed by atoms with Gasteiger partial charge in [0, 0.05) is 5.69 Å². The highest BCUT2D eigenvalue weighted by Gasteiger charge is 2.31. The standard InChI is InChI=1S/C13H18N2O2/c1-14-9-10-7-12(8-10)17-13(16)15-11-5-3-2-4-6-11/h2-6,10,12,14H,7-9H2,1H3,(H,15,16). The Morgan fingerprint density at radius 1 is 1.35 bits per heavy atom. The molecule has 4 nitrogen and oxygen atoms in total. The molecule has 0 spiro atoms. The first-order chi connectivity index (χ1) is 8.28. The molecule has 0 unspecified atom stereocenters. The number of nitrogens with one attached hydrogen (secondary N) is 2. The number of benzene rings is 1. The summed E-state index contributed by atoms with van der Waals surface area (Å²) in [5.74, 6) is 0.648. The van der Waals surface area contributed by atoms with E-state index in [0.717, 1.165) is 25.1 Å². The van der Waals surface area contributed by atoms with E-state index in [9.17, 15) is 4.79 Å². The third kappa shape index (κ3) is 3.46. The molecule has 2 N–H and O–H groups in total. The van der Waals surface area contributed by atoms with Crippen molar-refractivity contribution in [2.45, 2.75) is 18.9 Å². The van der Waals surface area contributed by atoms with Crippen LogP contribution in [0.25, 0.3) is 0 Å². The van der Waals surface area contributed by atoms with E-state index >= 15 is 0 Å². The number of para-hydroxylation sites is 1. The van der Waals surface area contributed by atoms with Gasteiger partial charge in [0.25, 0.3) is 0 Å². The average Bonchev–Trinajstić information content (AvgIpc) is 2.27. The molecule has 1 amide bonds. The fourth-order valence-corrected chi connectivity index (χ4v) is 2.05. The molecule has 0 radical (unpaired) electrons. The molecule has 1 saturated carbocycles. The van der Waals surface area contributed by atoms with E-state index in [0.29, 0.717) is 5.92 Å². The second-order valence-electron chi connectivity index (χ2n) is 4.41. The molecular formula is C13H18N2O2. The first-order valence-electron chi connectivity index (χ1n) is 5.95. The molecular weight excluding hydrogens is 216 g/mol. The van der Waals surface area contributed by atoms with Crippen LogP contribution in [0.3, 0.4) is 0 Å². The van der Waals surface area contributed by atoms with Crippen LogP contribution < -0.4 is 10.6 Å². The van der Waals surface area contributed by atoms with Crippen molar-refractivity contribution in [2.24, 2.45) is 5.92 Å². The van der Waals surface area contributed by atoms with Gasteiger partial charge in [-0.05, 0) is 44.5 Å². The zero-order chi connectivity index (χ0) is 12.1. The molecule has 1 fully saturated rings. The number of anilines is 1. The largest absolute Gasteiger partial charge is 0.446 e. The first-order valence-corrected chi connectivity index (χ1v) is 5.95. The Morgan fingerprint density at radius 3 is 2.71 bits per heavy atom. The Kier molecular flexibility index (Phi) is 3.98. The predicted octanol–water partition coefficient (Wildman–Crippen LogP) is 2.23. The molecule has 0 atom stereocenters. The highest BCUT2D eigenvalue weighted by atomic mass is 16.6. The van der Waals surface area contributed by atoms with Crippen LogP contribution in [0.4, 0.5) is 10.5 Å². The van der Waals surface area contributed by atoms with Crippen LogP contribution >= 0.6 is 0 Å². The number of rotatable bonds is 4. The van der Waals surface area contributed by atoms with Gasteiger partial charge in [0.1, 0.15) is 6.10 Å². The van der Waals surface area contributed by atoms with E-state index in [4.69, 9.17) is 4.74 Å². The number of carbonyl (C=O) groups is 1. The molecule has 1 aromatic carbocycles. The number of carbonyl (C=O) groups excluding carboxylic acids is 1. The minimum Gasteiger partial charge on any atom is -0.446 e. The maximum Gasteiger partial charge on any atom is 0.411 e. The molecule has 2 rings (SSSR count). The van der Waals surface area contributed by atoms with Gasteiger partial charge in [0.15, 0.2) is 0 Å². The summed E-state index contributed by atoms with van der Waals surface area (Å²) < 4.78 is 5.29. The van der Waals surface area contributed by atoms with Gasteiger partial charge < -0.3 is 10.1 Å². The molecule has 17 heavy (non-hydrogen) atoms. The lowest BCUT2D eigenvalue weighted by Crippen LogP contribution is -2.38. The number of amides is 1. The third-order valence-electron chi connectivity index (χ3n) is 2.98. The van der Waals surface area contributed by atoms with Gasteiger partial charge in [0.2, 0.25) is 0 Å². The smallest absolute Gasteiger partial charge is 0.411 e. The average molecular weight is 234 g/mol. The van der Waals surface area contributed by atoms with Crippen LogP contribution in [0.1, 0.15) is 12.8 Å². The van der Waals surface area contributed by atoms with E-state index in [1.807, 2.05) is 37.4 Å². The second kappa shape index (κ2) is 5.68. The van der Waals surface area contributed by atoms with Crippen LogP contribution in [0.15, 0.2) is 30.3 Å². The Labute approximate surface area is 101 Å². The van der Waals surface area contributed by atoms with Crippen molar-refractivity contribution in [3.8, 4) is 0 Å². The lowest BCUT2D eigenvalue weighted by molar-refractivity contribution is 0.0257. The zero-order valence-electron chi connectivity index (χ0n) is 9.98. The lowest BCUT2D eigenvalue weighted by Gasteiger charge is -2.34. The molecule has 0 heterocycles. The summed E-state index contributed by atoms with van der Waals surface area (Å²) in [6.45, 7) is 1.00. The van der Waals surface area contributed by atoms with Crippen LogP contribution in [-0.2, 0) is 4.74 Å². The summed E-state index contributed by atoms with van der Waals surface area (Å²) in [4.78, 5) is 11.5. The van der Waals surface area contributed by atoms with Crippen molar-refractivity contribution in [1.29, 1.82) is 0 Å². The maximum absolute atomic E-state index is 11.5. The molecule has 1 aliphatic carbocycles. The molecule has 0 aliphatic heterocycles. The summed E-state index contributed by atoms with van der Waals surface area (Å²) in [6.07, 6.45) is 1.65. The summed E-state index contributed by atoms with van der Waals surface area (Å²) in [7, 11) is 1.94. The molecule has 1 aromatic rings. The van der Waals surface area contributed by atoms with Gasteiger partial charge in [-0.2, -0.15) is 0 Å². The monoisotopic (exact) mass is 234 g/mol. The number of hydrogen-bond acceptors (Lipinski definition) is 3. The van der Waals surface area contributed by atoms with Gasteiger partial charge >= 0.3 is 6.09 Å². The molecule has 0 saturated heterocycles. The fraction of sp³-hybridized carbons (Fsp3) is 0.462. The minimum absolute atomic E-state index is 0.0806. The molecule has 1 aliphatic rings. The van der Waals surface area contributed by atoms with Crippen LogP contribution in [0.2, 0.25) is 0 Å². The molecule has 4 heteroatoms. The van der Waals surface area contributed by atoms with Gasteiger partial charge in [-0.25, -0.2) is 4.79 Å². The van der Waals surface area contributed by atoms with E-state index in [2.05, 4.69) is 10.6 Å². The summed E-state index contributed by atoms with van der Waals surface area (Å²) in [6, 6.07) is 9.34. The summed E-state index contributed by atoms with van der Waals surface area (Å²) in [5.41, 5.74) is 0.767. The van der Waals surface area contributed by atoms with Gasteiger partial charge in [0.05, 0.1) is 0 Å². The highest BCUT2D eigenvalue weighted by Crippen LogP contribution is 2.29. The van der Waals surface area contributed by atoms with E-state index in [1.54, 1.807) is 0 Å². The molecule has 0 bridgehead atoms. The van der Waals surface area contributed by atoms with Crippen LogP contribution in [0, 0.1) is 5.92 Å². The third-order valence-corrected chi connectivity index (χ3v) is 2.98. The van der Waals surface area contributed by atoms with E-state index in [-0.39, 0.29) is 12.2 Å². The van der Waals surface area contributed by atoms with Crippen molar-refractivity contribution in [3.63, 3.8) is 0 Å². The van der Waals surface area contributed by atoms with Crippen molar-refractivity contribution >= 4 is 11.8 Å². The summed E-state index contributed by atoms with van der Waals surface area (Å²) in [5, 5.41) is 5.84. The van der Waals surface area contributed by atoms with E-state index in [1.165, 1.54) is 0 Å². The SMILES string of the molecule is CNCC1CC(OC(=O)Nc2ccccc2)C1. The van der Waals surface area contributed by atoms with Crippen molar-refractivity contribution in [2.75, 3.05) is 18.9 Å². The molecule has 92 valence electrons. The first kappa shape index (κ1) is 11.9. The quantitative estimate of drug-likeness (QED) is 0.840. The highest BCUT2D eigenvalue weighted by molar-refractivity contribution is 5.84. The normalized spacial score (nSPS) is 22.6. The second-order valence-corrected chi connectivity index (χ2v) is 4.41. The Morgan fingerprint density at radius 2 is 2.06 bits per heavy atom. The Hall–Kier alpha value is -1.55. The Balaban J connectivity index is 1.69. The number of ether oxygens (including phenoxy) is 1. The maximum atomic E-state index is 11.5.